The van der Waals surface area contributed by atoms with E-state index in [1.165, 1.54) is 0 Å². The molecule has 0 aliphatic carbocycles. The first-order valence-electron chi connectivity index (χ1n) is 5.99. The van der Waals surface area contributed by atoms with Gasteiger partial charge in [0.2, 0.25) is 0 Å². The lowest BCUT2D eigenvalue weighted by molar-refractivity contribution is -0.174. The summed E-state index contributed by atoms with van der Waals surface area (Å²) < 4.78 is 19.6. The summed E-state index contributed by atoms with van der Waals surface area (Å²) in [6.07, 6.45) is -5.17. The number of rotatable bonds is 7. The third kappa shape index (κ3) is 5.44. The summed E-state index contributed by atoms with van der Waals surface area (Å²) in [5.41, 5.74) is 0. The Bertz CT molecular complexity index is 418. The quantitative estimate of drug-likeness (QED) is 0.368. The largest absolute Gasteiger partial charge is 0.462 e. The molecule has 0 unspecified atom stereocenters. The average Bonchev–Trinajstić information content (AvgIpc) is 2.80. The molecule has 11 heteroatoms. The molecule has 126 valence electrons. The van der Waals surface area contributed by atoms with Gasteiger partial charge in [0.25, 0.3) is 0 Å². The summed E-state index contributed by atoms with van der Waals surface area (Å²) in [5, 5.41) is 9.75. The molecule has 0 bridgehead atoms. The second-order valence-corrected chi connectivity index (χ2v) is 4.86. The standard InChI is InChI=1S/C11H13Cl3O8/c12-1-6(15)19-4-5-9(21-7(16)2-13)10(11(18)20-5)22-8(17)3-14/h5,9-11,18H,1-4H2/t5-,9-,10-,11-/m1/s1. The van der Waals surface area contributed by atoms with Gasteiger partial charge in [0.05, 0.1) is 0 Å². The topological polar surface area (TPSA) is 108 Å². The van der Waals surface area contributed by atoms with Crippen molar-refractivity contribution >= 4 is 52.7 Å². The van der Waals surface area contributed by atoms with Crippen LogP contribution in [0.15, 0.2) is 0 Å². The molecular weight excluding hydrogens is 366 g/mol. The summed E-state index contributed by atoms with van der Waals surface area (Å²) in [4.78, 5) is 33.6. The molecule has 1 aliphatic rings. The van der Waals surface area contributed by atoms with Crippen LogP contribution in [0.2, 0.25) is 0 Å². The molecule has 0 aromatic carbocycles. The minimum Gasteiger partial charge on any atom is -0.462 e. The molecule has 0 aromatic heterocycles. The highest BCUT2D eigenvalue weighted by atomic mass is 35.5. The second kappa shape index (κ2) is 9.36. The van der Waals surface area contributed by atoms with Gasteiger partial charge in [0.15, 0.2) is 18.5 Å². The number of ether oxygens (including phenoxy) is 4. The summed E-state index contributed by atoms with van der Waals surface area (Å²) in [7, 11) is 0. The fraction of sp³-hybridized carbons (Fsp3) is 0.727. The Balaban J connectivity index is 2.79. The lowest BCUT2D eigenvalue weighted by atomic mass is 10.1. The zero-order valence-electron chi connectivity index (χ0n) is 11.1. The van der Waals surface area contributed by atoms with Crippen molar-refractivity contribution in [2.24, 2.45) is 0 Å². The summed E-state index contributed by atoms with van der Waals surface area (Å²) in [5.74, 6) is -3.72. The van der Waals surface area contributed by atoms with Crippen LogP contribution < -0.4 is 0 Å². The van der Waals surface area contributed by atoms with Crippen LogP contribution in [0.4, 0.5) is 0 Å². The van der Waals surface area contributed by atoms with Crippen LogP contribution in [0, 0.1) is 0 Å². The molecule has 1 saturated heterocycles. The van der Waals surface area contributed by atoms with E-state index in [-0.39, 0.29) is 12.5 Å². The van der Waals surface area contributed by atoms with Gasteiger partial charge in [-0.2, -0.15) is 0 Å². The maximum absolute atomic E-state index is 11.3. The maximum Gasteiger partial charge on any atom is 0.321 e. The van der Waals surface area contributed by atoms with Gasteiger partial charge in [-0.15, -0.1) is 34.8 Å². The minimum absolute atomic E-state index is 0.363. The van der Waals surface area contributed by atoms with Gasteiger partial charge in [-0.1, -0.05) is 0 Å². The SMILES string of the molecule is O=C(CCl)OC[C@H]1O[C@@H](O)[C@H](OC(=O)CCl)[C@@H]1OC(=O)CCl. The summed E-state index contributed by atoms with van der Waals surface area (Å²) in [6.45, 7) is -0.363. The molecule has 0 spiro atoms. The molecule has 22 heavy (non-hydrogen) atoms. The molecule has 1 fully saturated rings. The molecule has 0 radical (unpaired) electrons. The molecule has 1 N–H and O–H groups in total. The van der Waals surface area contributed by atoms with Crippen molar-refractivity contribution in [2.75, 3.05) is 24.2 Å². The Hall–Kier alpha value is -0.800. The van der Waals surface area contributed by atoms with Gasteiger partial charge < -0.3 is 24.1 Å². The van der Waals surface area contributed by atoms with Crippen LogP contribution in [0.3, 0.4) is 0 Å². The van der Waals surface area contributed by atoms with Crippen LogP contribution in [0.5, 0.6) is 0 Å². The van der Waals surface area contributed by atoms with E-state index >= 15 is 0 Å². The van der Waals surface area contributed by atoms with Gasteiger partial charge in [-0.25, -0.2) is 0 Å². The zero-order valence-corrected chi connectivity index (χ0v) is 13.3. The number of aliphatic hydroxyl groups excluding tert-OH is 1. The van der Waals surface area contributed by atoms with Gasteiger partial charge in [0.1, 0.15) is 30.4 Å². The average molecular weight is 380 g/mol. The monoisotopic (exact) mass is 378 g/mol. The van der Waals surface area contributed by atoms with Gasteiger partial charge in [0, 0.05) is 0 Å². The number of alkyl halides is 3. The van der Waals surface area contributed by atoms with E-state index in [9.17, 15) is 19.5 Å². The number of esters is 3. The van der Waals surface area contributed by atoms with E-state index < -0.39 is 54.3 Å². The highest BCUT2D eigenvalue weighted by Gasteiger charge is 2.49. The van der Waals surface area contributed by atoms with Gasteiger partial charge >= 0.3 is 17.9 Å². The highest BCUT2D eigenvalue weighted by molar-refractivity contribution is 6.27. The van der Waals surface area contributed by atoms with Crippen molar-refractivity contribution in [2.45, 2.75) is 24.6 Å². The molecule has 8 nitrogen and oxygen atoms in total. The smallest absolute Gasteiger partial charge is 0.321 e. The number of hydrogen-bond donors (Lipinski definition) is 1. The Labute approximate surface area is 140 Å². The number of halogens is 3. The van der Waals surface area contributed by atoms with Crippen molar-refractivity contribution in [3.8, 4) is 0 Å². The number of carbonyl (C=O) groups is 3. The molecule has 0 amide bonds. The zero-order chi connectivity index (χ0) is 16.7. The molecule has 1 heterocycles. The fourth-order valence-electron chi connectivity index (χ4n) is 1.69. The van der Waals surface area contributed by atoms with Crippen LogP contribution in [0.1, 0.15) is 0 Å². The van der Waals surface area contributed by atoms with Crippen LogP contribution in [-0.4, -0.2) is 71.9 Å². The summed E-state index contributed by atoms with van der Waals surface area (Å²) in [6, 6.07) is 0. The van der Waals surface area contributed by atoms with Crippen molar-refractivity contribution < 1.29 is 38.4 Å². The first-order chi connectivity index (χ1) is 10.4. The summed E-state index contributed by atoms with van der Waals surface area (Å²) >= 11 is 15.9. The first kappa shape index (κ1) is 19.2. The van der Waals surface area contributed by atoms with Crippen LogP contribution >= 0.6 is 34.8 Å². The fourth-order valence-corrected chi connectivity index (χ4v) is 1.89. The molecule has 1 rings (SSSR count). The van der Waals surface area contributed by atoms with Crippen molar-refractivity contribution in [1.82, 2.24) is 0 Å². The molecule has 0 aromatic rings. The molecule has 0 saturated carbocycles. The Kier molecular flexibility index (Phi) is 8.19. The Morgan fingerprint density at radius 3 is 1.91 bits per heavy atom. The first-order valence-corrected chi connectivity index (χ1v) is 7.59. The van der Waals surface area contributed by atoms with Gasteiger partial charge in [-0.3, -0.25) is 14.4 Å². The molecular formula is C11H13Cl3O8. The van der Waals surface area contributed by atoms with E-state index in [0.717, 1.165) is 0 Å². The van der Waals surface area contributed by atoms with E-state index in [1.807, 2.05) is 0 Å². The maximum atomic E-state index is 11.3. The van der Waals surface area contributed by atoms with Crippen LogP contribution in [-0.2, 0) is 33.3 Å². The van der Waals surface area contributed by atoms with Crippen molar-refractivity contribution in [1.29, 1.82) is 0 Å². The Morgan fingerprint density at radius 1 is 0.909 bits per heavy atom. The second-order valence-electron chi connectivity index (χ2n) is 4.06. The highest BCUT2D eigenvalue weighted by Crippen LogP contribution is 2.26. The minimum atomic E-state index is -1.58. The predicted octanol–water partition coefficient (Wildman–Crippen LogP) is -0.213. The number of aliphatic hydroxyl groups is 1. The van der Waals surface area contributed by atoms with Gasteiger partial charge in [-0.05, 0) is 0 Å². The lowest BCUT2D eigenvalue weighted by Gasteiger charge is -2.22. The van der Waals surface area contributed by atoms with E-state index in [4.69, 9.17) is 53.8 Å². The molecule has 1 aliphatic heterocycles. The third-order valence-corrected chi connectivity index (χ3v) is 3.21. The van der Waals surface area contributed by atoms with Crippen molar-refractivity contribution in [3.63, 3.8) is 0 Å². The van der Waals surface area contributed by atoms with Crippen molar-refractivity contribution in [3.05, 3.63) is 0 Å². The predicted molar refractivity (Wildman–Crippen MR) is 73.8 cm³/mol. The van der Waals surface area contributed by atoms with E-state index in [1.54, 1.807) is 0 Å². The van der Waals surface area contributed by atoms with Crippen LogP contribution in [0.25, 0.3) is 0 Å². The van der Waals surface area contributed by atoms with E-state index in [2.05, 4.69) is 0 Å². The third-order valence-electron chi connectivity index (χ3n) is 2.56. The molecule has 4 atom stereocenters. The number of carbonyl (C=O) groups excluding carboxylic acids is 3. The number of hydrogen-bond acceptors (Lipinski definition) is 8. The van der Waals surface area contributed by atoms with E-state index in [0.29, 0.717) is 0 Å². The normalized spacial score (nSPS) is 27.3. The Morgan fingerprint density at radius 2 is 1.41 bits per heavy atom. The lowest BCUT2D eigenvalue weighted by Crippen LogP contribution is -2.42.